The Kier molecular flexibility index (Phi) is 10.0. The number of ether oxygens (including phenoxy) is 1. The van der Waals surface area contributed by atoms with Gasteiger partial charge in [0.05, 0.1) is 13.2 Å². The number of hydrogen-bond donors (Lipinski definition) is 3. The molecule has 1 heterocycles. The van der Waals surface area contributed by atoms with Crippen LogP contribution >= 0.6 is 24.0 Å². The van der Waals surface area contributed by atoms with Gasteiger partial charge in [-0.15, -0.1) is 24.0 Å². The lowest BCUT2D eigenvalue weighted by Gasteiger charge is -2.28. The number of aliphatic imine (C=N–C) groups is 1. The third-order valence-electron chi connectivity index (χ3n) is 5.27. The predicted molar refractivity (Wildman–Crippen MR) is 123 cm³/mol. The van der Waals surface area contributed by atoms with Crippen molar-refractivity contribution in [3.8, 4) is 0 Å². The summed E-state index contributed by atoms with van der Waals surface area (Å²) in [6.07, 6.45) is 1.74. The first-order valence-electron chi connectivity index (χ1n) is 9.69. The van der Waals surface area contributed by atoms with Crippen molar-refractivity contribution in [2.75, 3.05) is 39.5 Å². The molecular weight excluding hydrogens is 453 g/mol. The summed E-state index contributed by atoms with van der Waals surface area (Å²) in [5.74, 6) is 0.830. The fourth-order valence-electron chi connectivity index (χ4n) is 3.30. The maximum Gasteiger partial charge on any atom is 0.191 e. The number of hydrogen-bond acceptors (Lipinski definition) is 3. The van der Waals surface area contributed by atoms with E-state index < -0.39 is 0 Å². The SMILES string of the molecule is CCNC(=NCC(C)(C)c1ccc(C)cc1)NCC1(CCO)CCOC1.I. The lowest BCUT2D eigenvalue weighted by atomic mass is 9.84. The highest BCUT2D eigenvalue weighted by molar-refractivity contribution is 14.0. The Morgan fingerprint density at radius 1 is 1.26 bits per heavy atom. The van der Waals surface area contributed by atoms with Crippen LogP contribution in [-0.4, -0.2) is 50.5 Å². The van der Waals surface area contributed by atoms with Crippen LogP contribution in [0.5, 0.6) is 0 Å². The molecule has 3 N–H and O–H groups in total. The van der Waals surface area contributed by atoms with Crippen LogP contribution in [0.25, 0.3) is 0 Å². The minimum Gasteiger partial charge on any atom is -0.396 e. The van der Waals surface area contributed by atoms with E-state index >= 15 is 0 Å². The van der Waals surface area contributed by atoms with Crippen LogP contribution in [0.1, 0.15) is 44.7 Å². The summed E-state index contributed by atoms with van der Waals surface area (Å²) in [7, 11) is 0. The number of aliphatic hydroxyl groups is 1. The summed E-state index contributed by atoms with van der Waals surface area (Å²) in [4.78, 5) is 4.83. The van der Waals surface area contributed by atoms with Gasteiger partial charge >= 0.3 is 0 Å². The Hall–Kier alpha value is -0.860. The topological polar surface area (TPSA) is 65.9 Å². The Bertz CT molecular complexity index is 582. The Balaban J connectivity index is 0.00000364. The van der Waals surface area contributed by atoms with Crippen LogP contribution in [0.2, 0.25) is 0 Å². The van der Waals surface area contributed by atoms with Gasteiger partial charge in [-0.3, -0.25) is 4.99 Å². The molecule has 1 aromatic rings. The van der Waals surface area contributed by atoms with Crippen LogP contribution in [0, 0.1) is 12.3 Å². The maximum absolute atomic E-state index is 9.39. The number of aliphatic hydroxyl groups excluding tert-OH is 1. The molecule has 0 radical (unpaired) electrons. The molecule has 0 aromatic heterocycles. The van der Waals surface area contributed by atoms with Crippen molar-refractivity contribution in [3.05, 3.63) is 35.4 Å². The van der Waals surface area contributed by atoms with Crippen LogP contribution in [-0.2, 0) is 10.2 Å². The second-order valence-electron chi connectivity index (χ2n) is 8.07. The Labute approximate surface area is 181 Å². The summed E-state index contributed by atoms with van der Waals surface area (Å²) in [6.45, 7) is 12.6. The molecule has 154 valence electrons. The van der Waals surface area contributed by atoms with Crippen molar-refractivity contribution in [2.24, 2.45) is 10.4 Å². The zero-order chi connectivity index (χ0) is 19.0. The van der Waals surface area contributed by atoms with E-state index in [9.17, 15) is 5.11 Å². The molecule has 0 amide bonds. The van der Waals surface area contributed by atoms with Crippen molar-refractivity contribution < 1.29 is 9.84 Å². The van der Waals surface area contributed by atoms with E-state index in [1.165, 1.54) is 11.1 Å². The van der Waals surface area contributed by atoms with Gasteiger partial charge in [-0.25, -0.2) is 0 Å². The van der Waals surface area contributed by atoms with Gasteiger partial charge < -0.3 is 20.5 Å². The summed E-state index contributed by atoms with van der Waals surface area (Å²) < 4.78 is 5.58. The van der Waals surface area contributed by atoms with Crippen LogP contribution in [0.3, 0.4) is 0 Å². The summed E-state index contributed by atoms with van der Waals surface area (Å²) >= 11 is 0. The third-order valence-corrected chi connectivity index (χ3v) is 5.27. The molecule has 1 fully saturated rings. The minimum atomic E-state index is -0.0324. The van der Waals surface area contributed by atoms with E-state index in [0.29, 0.717) is 13.2 Å². The van der Waals surface area contributed by atoms with Gasteiger partial charge in [-0.05, 0) is 32.3 Å². The van der Waals surface area contributed by atoms with Crippen molar-refractivity contribution in [2.45, 2.75) is 46.0 Å². The van der Waals surface area contributed by atoms with Gasteiger partial charge in [0.15, 0.2) is 5.96 Å². The molecule has 1 unspecified atom stereocenters. The second kappa shape index (κ2) is 11.2. The van der Waals surface area contributed by atoms with E-state index in [1.807, 2.05) is 0 Å². The first kappa shape index (κ1) is 24.2. The first-order chi connectivity index (χ1) is 12.4. The van der Waals surface area contributed by atoms with E-state index in [4.69, 9.17) is 9.73 Å². The molecule has 5 nitrogen and oxygen atoms in total. The standard InChI is InChI=1S/C21H35N3O2.HI/c1-5-22-19(24-15-21(10-12-25)11-13-26-16-21)23-14-20(3,4)18-8-6-17(2)7-9-18;/h6-9,25H,5,10-16H2,1-4H3,(H2,22,23,24);1H. The molecule has 0 spiro atoms. The summed E-state index contributed by atoms with van der Waals surface area (Å²) in [5.41, 5.74) is 2.55. The Morgan fingerprint density at radius 2 is 1.96 bits per heavy atom. The van der Waals surface area contributed by atoms with Crippen LogP contribution in [0.4, 0.5) is 0 Å². The number of nitrogens with one attached hydrogen (secondary N) is 2. The molecule has 2 rings (SSSR count). The molecular formula is C21H36IN3O2. The van der Waals surface area contributed by atoms with E-state index in [-0.39, 0.29) is 41.4 Å². The molecule has 1 atom stereocenters. The number of benzene rings is 1. The average Bonchev–Trinajstić information content (AvgIpc) is 3.07. The molecule has 1 aromatic carbocycles. The smallest absolute Gasteiger partial charge is 0.191 e. The largest absolute Gasteiger partial charge is 0.396 e. The highest BCUT2D eigenvalue weighted by Crippen LogP contribution is 2.31. The molecule has 1 aliphatic rings. The lowest BCUT2D eigenvalue weighted by molar-refractivity contribution is 0.127. The van der Waals surface area contributed by atoms with Gasteiger partial charge in [-0.2, -0.15) is 0 Å². The predicted octanol–water partition coefficient (Wildman–Crippen LogP) is 3.23. The van der Waals surface area contributed by atoms with Crippen molar-refractivity contribution >= 4 is 29.9 Å². The van der Waals surface area contributed by atoms with Crippen molar-refractivity contribution in [1.29, 1.82) is 0 Å². The molecule has 27 heavy (non-hydrogen) atoms. The molecule has 0 bridgehead atoms. The van der Waals surface area contributed by atoms with Crippen LogP contribution in [0.15, 0.2) is 29.3 Å². The summed E-state index contributed by atoms with van der Waals surface area (Å²) in [6, 6.07) is 8.70. The molecule has 6 heteroatoms. The highest BCUT2D eigenvalue weighted by Gasteiger charge is 2.34. The number of halogens is 1. The molecule has 1 saturated heterocycles. The zero-order valence-electron chi connectivity index (χ0n) is 17.2. The normalized spacial score (nSPS) is 20.3. The highest BCUT2D eigenvalue weighted by atomic mass is 127. The lowest BCUT2D eigenvalue weighted by Crippen LogP contribution is -2.45. The van der Waals surface area contributed by atoms with Crippen molar-refractivity contribution in [1.82, 2.24) is 10.6 Å². The van der Waals surface area contributed by atoms with Gasteiger partial charge in [0, 0.05) is 37.1 Å². The molecule has 0 aliphatic carbocycles. The molecule has 0 saturated carbocycles. The van der Waals surface area contributed by atoms with E-state index in [2.05, 4.69) is 62.6 Å². The zero-order valence-corrected chi connectivity index (χ0v) is 19.5. The fourth-order valence-corrected chi connectivity index (χ4v) is 3.30. The van der Waals surface area contributed by atoms with Gasteiger partial charge in [0.25, 0.3) is 0 Å². The molecule has 1 aliphatic heterocycles. The first-order valence-corrected chi connectivity index (χ1v) is 9.69. The number of rotatable bonds is 8. The Morgan fingerprint density at radius 3 is 2.52 bits per heavy atom. The van der Waals surface area contributed by atoms with E-state index in [1.54, 1.807) is 0 Å². The number of nitrogens with zero attached hydrogens (tertiary/aromatic N) is 1. The quantitative estimate of drug-likeness (QED) is 0.298. The van der Waals surface area contributed by atoms with Gasteiger partial charge in [0.2, 0.25) is 0 Å². The monoisotopic (exact) mass is 489 g/mol. The summed E-state index contributed by atoms with van der Waals surface area (Å²) in [5, 5.41) is 16.2. The van der Waals surface area contributed by atoms with Gasteiger partial charge in [-0.1, -0.05) is 43.7 Å². The second-order valence-corrected chi connectivity index (χ2v) is 8.07. The third kappa shape index (κ3) is 7.23. The van der Waals surface area contributed by atoms with Crippen molar-refractivity contribution in [3.63, 3.8) is 0 Å². The number of aryl methyl sites for hydroxylation is 1. The number of guanidine groups is 1. The fraction of sp³-hybridized carbons (Fsp3) is 0.667. The average molecular weight is 489 g/mol. The van der Waals surface area contributed by atoms with E-state index in [0.717, 1.165) is 38.5 Å². The van der Waals surface area contributed by atoms with Crippen LogP contribution < -0.4 is 10.6 Å². The van der Waals surface area contributed by atoms with Gasteiger partial charge in [0.1, 0.15) is 0 Å². The maximum atomic E-state index is 9.39. The minimum absolute atomic E-state index is 0.